The average Bonchev–Trinajstić information content (AvgIpc) is 3.03. The van der Waals surface area contributed by atoms with E-state index in [9.17, 15) is 4.79 Å². The lowest BCUT2D eigenvalue weighted by Crippen LogP contribution is -2.14. The van der Waals surface area contributed by atoms with E-state index < -0.39 is 0 Å². The first-order chi connectivity index (χ1) is 13.0. The maximum atomic E-state index is 12.3. The monoisotopic (exact) mass is 510 g/mol. The van der Waals surface area contributed by atoms with Gasteiger partial charge in [-0.05, 0) is 58.4 Å². The van der Waals surface area contributed by atoms with Crippen LogP contribution in [-0.4, -0.2) is 33.5 Å². The molecule has 3 rings (SSSR count). The van der Waals surface area contributed by atoms with Gasteiger partial charge in [-0.15, -0.1) is 10.2 Å². The van der Waals surface area contributed by atoms with Gasteiger partial charge in [0.05, 0.1) is 18.6 Å². The highest BCUT2D eigenvalue weighted by Gasteiger charge is 2.14. The first-order valence-corrected chi connectivity index (χ1v) is 10.5. The summed E-state index contributed by atoms with van der Waals surface area (Å²) < 4.78 is 8.76. The Hall–Kier alpha value is -1.84. The number of ether oxygens (including phenoxy) is 1. The molecule has 0 saturated heterocycles. The van der Waals surface area contributed by atoms with E-state index in [1.54, 1.807) is 7.11 Å². The second kappa shape index (κ2) is 8.90. The molecule has 9 heteroatoms. The minimum Gasteiger partial charge on any atom is -0.497 e. The molecule has 0 fully saturated rings. The summed E-state index contributed by atoms with van der Waals surface area (Å²) in [5.41, 5.74) is 1.65. The number of thioether (sulfide) groups is 1. The molecule has 1 heterocycles. The van der Waals surface area contributed by atoms with Crippen LogP contribution in [0.25, 0.3) is 11.4 Å². The number of halogens is 2. The van der Waals surface area contributed by atoms with Crippen molar-refractivity contribution in [1.29, 1.82) is 0 Å². The molecular weight excluding hydrogens is 496 g/mol. The summed E-state index contributed by atoms with van der Waals surface area (Å²) in [5, 5.41) is 12.0. The molecule has 0 aliphatic carbocycles. The van der Waals surface area contributed by atoms with Crippen molar-refractivity contribution in [2.45, 2.75) is 5.16 Å². The zero-order chi connectivity index (χ0) is 19.4. The van der Waals surface area contributed by atoms with Crippen LogP contribution in [0, 0.1) is 0 Å². The fourth-order valence-electron chi connectivity index (χ4n) is 2.34. The van der Waals surface area contributed by atoms with Crippen molar-refractivity contribution in [3.63, 3.8) is 0 Å². The number of amides is 1. The molecule has 0 unspecified atom stereocenters. The highest BCUT2D eigenvalue weighted by molar-refractivity contribution is 9.11. The van der Waals surface area contributed by atoms with Crippen molar-refractivity contribution in [1.82, 2.24) is 14.8 Å². The topological polar surface area (TPSA) is 69.0 Å². The molecule has 0 bridgehead atoms. The number of carbonyl (C=O) groups is 1. The fourth-order valence-corrected chi connectivity index (χ4v) is 3.76. The first kappa shape index (κ1) is 19.9. The number of nitrogens with zero attached hydrogens (tertiary/aromatic N) is 3. The molecule has 6 nitrogen and oxygen atoms in total. The lowest BCUT2D eigenvalue weighted by molar-refractivity contribution is -0.113. The summed E-state index contributed by atoms with van der Waals surface area (Å²) in [6, 6.07) is 13.2. The number of benzene rings is 2. The van der Waals surface area contributed by atoms with E-state index in [0.29, 0.717) is 10.8 Å². The van der Waals surface area contributed by atoms with Crippen LogP contribution in [0.4, 0.5) is 5.69 Å². The third-order valence-electron chi connectivity index (χ3n) is 3.72. The molecule has 0 radical (unpaired) electrons. The number of hydrogen-bond acceptors (Lipinski definition) is 5. The van der Waals surface area contributed by atoms with Gasteiger partial charge in [-0.1, -0.05) is 27.7 Å². The molecule has 27 heavy (non-hydrogen) atoms. The van der Waals surface area contributed by atoms with Crippen LogP contribution in [0.3, 0.4) is 0 Å². The minimum absolute atomic E-state index is 0.118. The lowest BCUT2D eigenvalue weighted by Gasteiger charge is -2.08. The van der Waals surface area contributed by atoms with Gasteiger partial charge >= 0.3 is 0 Å². The summed E-state index contributed by atoms with van der Waals surface area (Å²) in [6.45, 7) is 0. The van der Waals surface area contributed by atoms with E-state index in [1.165, 1.54) is 11.8 Å². The van der Waals surface area contributed by atoms with Crippen LogP contribution in [0.5, 0.6) is 5.75 Å². The number of carbonyl (C=O) groups excluding carboxylic acids is 1. The second-order valence-corrected chi connectivity index (χ2v) is 8.27. The summed E-state index contributed by atoms with van der Waals surface area (Å²) in [4.78, 5) is 12.3. The Labute approximate surface area is 178 Å². The predicted octanol–water partition coefficient (Wildman–Crippen LogP) is 4.75. The minimum atomic E-state index is -0.118. The molecule has 0 spiro atoms. The van der Waals surface area contributed by atoms with Crippen molar-refractivity contribution < 1.29 is 9.53 Å². The Morgan fingerprint density at radius 2 is 1.93 bits per heavy atom. The summed E-state index contributed by atoms with van der Waals surface area (Å²) in [7, 11) is 3.51. The largest absolute Gasteiger partial charge is 0.497 e. The highest BCUT2D eigenvalue weighted by Crippen LogP contribution is 2.27. The number of nitrogens with one attached hydrogen (secondary N) is 1. The van der Waals surface area contributed by atoms with Gasteiger partial charge in [-0.3, -0.25) is 4.79 Å². The maximum absolute atomic E-state index is 12.3. The molecule has 3 aromatic rings. The van der Waals surface area contributed by atoms with Gasteiger partial charge in [0.1, 0.15) is 5.75 Å². The Bertz CT molecular complexity index is 960. The van der Waals surface area contributed by atoms with E-state index >= 15 is 0 Å². The summed E-state index contributed by atoms with van der Waals surface area (Å²) >= 11 is 8.16. The van der Waals surface area contributed by atoms with Crippen molar-refractivity contribution >= 4 is 55.2 Å². The second-order valence-electron chi connectivity index (χ2n) is 5.55. The van der Waals surface area contributed by atoms with Gasteiger partial charge in [0.2, 0.25) is 5.91 Å². The summed E-state index contributed by atoms with van der Waals surface area (Å²) in [6.07, 6.45) is 0. The molecular formula is C18H16Br2N4O2S. The van der Waals surface area contributed by atoms with E-state index in [0.717, 1.165) is 26.1 Å². The van der Waals surface area contributed by atoms with Crippen LogP contribution < -0.4 is 10.1 Å². The Morgan fingerprint density at radius 1 is 1.19 bits per heavy atom. The first-order valence-electron chi connectivity index (χ1n) is 7.89. The molecule has 1 amide bonds. The zero-order valence-corrected chi connectivity index (χ0v) is 18.6. The standard InChI is InChI=1S/C18H16Br2N4O2S/c1-24-17(11-3-6-13(26-2)7-4-11)22-23-18(24)27-10-16(25)21-15-9-12(19)5-8-14(15)20/h3-9H,10H2,1-2H3,(H,21,25). The van der Waals surface area contributed by atoms with E-state index in [2.05, 4.69) is 47.4 Å². The Kier molecular flexibility index (Phi) is 6.56. The number of aromatic nitrogens is 3. The smallest absolute Gasteiger partial charge is 0.234 e. The third-order valence-corrected chi connectivity index (χ3v) is 5.92. The molecule has 0 saturated carbocycles. The van der Waals surface area contributed by atoms with Crippen LogP contribution in [0.15, 0.2) is 56.6 Å². The maximum Gasteiger partial charge on any atom is 0.234 e. The average molecular weight is 512 g/mol. The number of rotatable bonds is 6. The quantitative estimate of drug-likeness (QED) is 0.484. The number of anilines is 1. The molecule has 0 aliphatic rings. The highest BCUT2D eigenvalue weighted by atomic mass is 79.9. The molecule has 1 N–H and O–H groups in total. The lowest BCUT2D eigenvalue weighted by atomic mass is 10.2. The number of methoxy groups -OCH3 is 1. The molecule has 1 aromatic heterocycles. The van der Waals surface area contributed by atoms with Crippen molar-refractivity contribution in [3.05, 3.63) is 51.4 Å². The molecule has 2 aromatic carbocycles. The van der Waals surface area contributed by atoms with Gasteiger partial charge in [0.25, 0.3) is 0 Å². The SMILES string of the molecule is COc1ccc(-c2nnc(SCC(=O)Nc3cc(Br)ccc3Br)n2C)cc1. The molecule has 140 valence electrons. The fraction of sp³-hybridized carbons (Fsp3) is 0.167. The van der Waals surface area contributed by atoms with E-state index in [1.807, 2.05) is 54.1 Å². The zero-order valence-electron chi connectivity index (χ0n) is 14.6. The Balaban J connectivity index is 1.65. The molecule has 0 atom stereocenters. The Morgan fingerprint density at radius 3 is 2.63 bits per heavy atom. The number of hydrogen-bond donors (Lipinski definition) is 1. The van der Waals surface area contributed by atoms with Crippen LogP contribution in [-0.2, 0) is 11.8 Å². The molecule has 0 aliphatic heterocycles. The van der Waals surface area contributed by atoms with Crippen LogP contribution in [0.1, 0.15) is 0 Å². The summed E-state index contributed by atoms with van der Waals surface area (Å²) in [5.74, 6) is 1.63. The van der Waals surface area contributed by atoms with Crippen molar-refractivity contribution in [2.75, 3.05) is 18.2 Å². The van der Waals surface area contributed by atoms with Gasteiger partial charge in [-0.2, -0.15) is 0 Å². The van der Waals surface area contributed by atoms with Crippen LogP contribution in [0.2, 0.25) is 0 Å². The van der Waals surface area contributed by atoms with E-state index in [-0.39, 0.29) is 11.7 Å². The van der Waals surface area contributed by atoms with Crippen molar-refractivity contribution in [3.8, 4) is 17.1 Å². The van der Waals surface area contributed by atoms with Gasteiger partial charge in [0, 0.05) is 21.6 Å². The van der Waals surface area contributed by atoms with Gasteiger partial charge < -0.3 is 14.6 Å². The van der Waals surface area contributed by atoms with Gasteiger partial charge in [-0.25, -0.2) is 0 Å². The normalized spacial score (nSPS) is 10.7. The predicted molar refractivity (Wildman–Crippen MR) is 114 cm³/mol. The van der Waals surface area contributed by atoms with Crippen LogP contribution >= 0.6 is 43.6 Å². The van der Waals surface area contributed by atoms with Gasteiger partial charge in [0.15, 0.2) is 11.0 Å². The van der Waals surface area contributed by atoms with Crippen molar-refractivity contribution in [2.24, 2.45) is 7.05 Å². The van der Waals surface area contributed by atoms with E-state index in [4.69, 9.17) is 4.74 Å². The third kappa shape index (κ3) is 4.91.